The minimum Gasteiger partial charge on any atom is -0.367 e. The Bertz CT molecular complexity index is 216. The number of carbonyl (C=O) groups is 1. The van der Waals surface area contributed by atoms with Gasteiger partial charge in [-0.2, -0.15) is 0 Å². The molecule has 1 unspecified atom stereocenters. The van der Waals surface area contributed by atoms with E-state index in [1.807, 2.05) is 12.3 Å². The van der Waals surface area contributed by atoms with Crippen molar-refractivity contribution in [3.05, 3.63) is 12.3 Å². The first-order valence-electron chi connectivity index (χ1n) is 3.49. The first-order valence-corrected chi connectivity index (χ1v) is 4.43. The van der Waals surface area contributed by atoms with E-state index in [4.69, 9.17) is 4.74 Å². The predicted molar refractivity (Wildman–Crippen MR) is 42.8 cm³/mol. The van der Waals surface area contributed by atoms with E-state index >= 15 is 0 Å². The van der Waals surface area contributed by atoms with Crippen molar-refractivity contribution in [2.24, 2.45) is 0 Å². The number of nitrogens with zero attached hydrogens (tertiary/aromatic N) is 1. The quantitative estimate of drug-likeness (QED) is 0.546. The average Bonchev–Trinajstić information content (AvgIpc) is 2.02. The highest BCUT2D eigenvalue weighted by molar-refractivity contribution is 8.00. The Balaban J connectivity index is 2.06. The van der Waals surface area contributed by atoms with Gasteiger partial charge >= 0.3 is 0 Å². The zero-order valence-electron chi connectivity index (χ0n) is 6.19. The number of hydrogen-bond donors (Lipinski definition) is 0. The second kappa shape index (κ2) is 2.53. The maximum atomic E-state index is 10.9. The summed E-state index contributed by atoms with van der Waals surface area (Å²) in [6, 6.07) is 0. The molecule has 3 nitrogen and oxygen atoms in total. The second-order valence-electron chi connectivity index (χ2n) is 2.54. The summed E-state index contributed by atoms with van der Waals surface area (Å²) in [5.74, 6) is 0.216. The molecule has 0 saturated carbocycles. The molecule has 1 fully saturated rings. The summed E-state index contributed by atoms with van der Waals surface area (Å²) < 4.78 is 5.12. The van der Waals surface area contributed by atoms with Crippen molar-refractivity contribution in [3.8, 4) is 0 Å². The molecule has 11 heavy (non-hydrogen) atoms. The van der Waals surface area contributed by atoms with E-state index in [2.05, 4.69) is 0 Å². The maximum absolute atomic E-state index is 10.9. The monoisotopic (exact) mass is 171 g/mol. The number of fused-ring (bicyclic) bond motifs is 1. The van der Waals surface area contributed by atoms with Gasteiger partial charge in [-0.3, -0.25) is 4.79 Å². The Kier molecular flexibility index (Phi) is 1.65. The molecule has 60 valence electrons. The molecule has 0 aromatic rings. The van der Waals surface area contributed by atoms with E-state index in [0.717, 1.165) is 0 Å². The lowest BCUT2D eigenvalue weighted by Gasteiger charge is -2.41. The number of amides is 1. The van der Waals surface area contributed by atoms with Gasteiger partial charge < -0.3 is 9.64 Å². The van der Waals surface area contributed by atoms with E-state index in [1.165, 1.54) is 0 Å². The first-order chi connectivity index (χ1) is 5.31. The highest BCUT2D eigenvalue weighted by atomic mass is 32.2. The van der Waals surface area contributed by atoms with Crippen molar-refractivity contribution < 1.29 is 9.53 Å². The molecule has 0 aromatic carbocycles. The SMILES string of the molecule is COC1C=CN2C(=O)C[C@H]2S1. The minimum atomic E-state index is 0.129. The molecular weight excluding hydrogens is 162 g/mol. The first kappa shape index (κ1) is 7.18. The number of β-lactam (4-membered cyclic amide) rings is 1. The summed E-state index contributed by atoms with van der Waals surface area (Å²) in [6.07, 6.45) is 4.38. The van der Waals surface area contributed by atoms with Crippen molar-refractivity contribution in [2.75, 3.05) is 7.11 Å². The van der Waals surface area contributed by atoms with Gasteiger partial charge in [0.05, 0.1) is 11.8 Å². The average molecular weight is 171 g/mol. The van der Waals surface area contributed by atoms with Crippen molar-refractivity contribution in [1.29, 1.82) is 0 Å². The van der Waals surface area contributed by atoms with Crippen LogP contribution in [0.15, 0.2) is 12.3 Å². The molecule has 2 aliphatic rings. The van der Waals surface area contributed by atoms with Crippen LogP contribution in [-0.4, -0.2) is 28.7 Å². The number of carbonyl (C=O) groups excluding carboxylic acids is 1. The van der Waals surface area contributed by atoms with Gasteiger partial charge in [0.15, 0.2) is 0 Å². The molecule has 2 heterocycles. The Morgan fingerprint density at radius 1 is 1.82 bits per heavy atom. The van der Waals surface area contributed by atoms with Crippen LogP contribution in [0.1, 0.15) is 6.42 Å². The molecule has 1 amide bonds. The van der Waals surface area contributed by atoms with Gasteiger partial charge in [-0.05, 0) is 6.08 Å². The van der Waals surface area contributed by atoms with Crippen LogP contribution in [0.5, 0.6) is 0 Å². The fourth-order valence-electron chi connectivity index (χ4n) is 1.19. The summed E-state index contributed by atoms with van der Waals surface area (Å²) >= 11 is 1.68. The Labute approximate surface area is 69.4 Å². The molecule has 4 heteroatoms. The van der Waals surface area contributed by atoms with Crippen LogP contribution < -0.4 is 0 Å². The highest BCUT2D eigenvalue weighted by Gasteiger charge is 2.38. The van der Waals surface area contributed by atoms with Gasteiger partial charge in [-0.1, -0.05) is 0 Å². The molecule has 0 aromatic heterocycles. The summed E-state index contributed by atoms with van der Waals surface area (Å²) in [7, 11) is 1.68. The van der Waals surface area contributed by atoms with E-state index in [-0.39, 0.29) is 11.3 Å². The van der Waals surface area contributed by atoms with Crippen LogP contribution >= 0.6 is 11.8 Å². The molecule has 2 rings (SSSR count). The van der Waals surface area contributed by atoms with Gasteiger partial charge in [0.1, 0.15) is 5.44 Å². The Morgan fingerprint density at radius 3 is 3.18 bits per heavy atom. The number of methoxy groups -OCH3 is 1. The van der Waals surface area contributed by atoms with E-state index < -0.39 is 0 Å². The van der Waals surface area contributed by atoms with Crippen molar-refractivity contribution in [1.82, 2.24) is 4.90 Å². The van der Waals surface area contributed by atoms with E-state index in [1.54, 1.807) is 23.8 Å². The fourth-order valence-corrected chi connectivity index (χ4v) is 2.33. The van der Waals surface area contributed by atoms with Crippen molar-refractivity contribution in [2.45, 2.75) is 17.2 Å². The van der Waals surface area contributed by atoms with Crippen molar-refractivity contribution in [3.63, 3.8) is 0 Å². The topological polar surface area (TPSA) is 29.5 Å². The Morgan fingerprint density at radius 2 is 2.64 bits per heavy atom. The van der Waals surface area contributed by atoms with Crippen LogP contribution in [0.25, 0.3) is 0 Å². The molecule has 1 saturated heterocycles. The van der Waals surface area contributed by atoms with Gasteiger partial charge in [0.25, 0.3) is 0 Å². The summed E-state index contributed by atoms with van der Waals surface area (Å²) in [6.45, 7) is 0. The van der Waals surface area contributed by atoms with Crippen LogP contribution in [0.4, 0.5) is 0 Å². The lowest BCUT2D eigenvalue weighted by Crippen LogP contribution is -2.49. The van der Waals surface area contributed by atoms with Crippen LogP contribution in [0, 0.1) is 0 Å². The molecule has 0 spiro atoms. The Hall–Kier alpha value is -0.480. The molecule has 2 atom stereocenters. The molecule has 0 radical (unpaired) electrons. The lowest BCUT2D eigenvalue weighted by molar-refractivity contribution is -0.137. The molecule has 0 N–H and O–H groups in total. The van der Waals surface area contributed by atoms with Gasteiger partial charge in [-0.25, -0.2) is 0 Å². The van der Waals surface area contributed by atoms with Crippen LogP contribution in [0.3, 0.4) is 0 Å². The van der Waals surface area contributed by atoms with Crippen LogP contribution in [0.2, 0.25) is 0 Å². The van der Waals surface area contributed by atoms with E-state index in [0.29, 0.717) is 11.8 Å². The number of hydrogen-bond acceptors (Lipinski definition) is 3. The maximum Gasteiger partial charge on any atom is 0.230 e. The largest absolute Gasteiger partial charge is 0.367 e. The highest BCUT2D eigenvalue weighted by Crippen LogP contribution is 2.36. The molecule has 2 aliphatic heterocycles. The van der Waals surface area contributed by atoms with Crippen molar-refractivity contribution >= 4 is 17.7 Å². The van der Waals surface area contributed by atoms with Gasteiger partial charge in [0.2, 0.25) is 5.91 Å². The third-order valence-corrected chi connectivity index (χ3v) is 3.20. The molecule has 0 aliphatic carbocycles. The third kappa shape index (κ3) is 1.06. The molecular formula is C7H9NO2S. The number of ether oxygens (including phenoxy) is 1. The standard InChI is InChI=1S/C7H9NO2S/c1-10-7-2-3-8-5(9)4-6(8)11-7/h2-3,6-7H,4H2,1H3/t6-,7?/m1/s1. The smallest absolute Gasteiger partial charge is 0.230 e. The number of thioether (sulfide) groups is 1. The minimum absolute atomic E-state index is 0.129. The van der Waals surface area contributed by atoms with Gasteiger partial charge in [-0.15, -0.1) is 11.8 Å². The lowest BCUT2D eigenvalue weighted by atomic mass is 10.2. The van der Waals surface area contributed by atoms with Gasteiger partial charge in [0, 0.05) is 13.3 Å². The van der Waals surface area contributed by atoms with Crippen LogP contribution in [-0.2, 0) is 9.53 Å². The normalized spacial score (nSPS) is 35.0. The predicted octanol–water partition coefficient (Wildman–Crippen LogP) is 0.778. The zero-order valence-corrected chi connectivity index (χ0v) is 7.00. The summed E-state index contributed by atoms with van der Waals surface area (Å²) in [5.41, 5.74) is 0.129. The summed E-state index contributed by atoms with van der Waals surface area (Å²) in [4.78, 5) is 12.6. The fraction of sp³-hybridized carbons (Fsp3) is 0.571. The molecule has 0 bridgehead atoms. The zero-order chi connectivity index (χ0) is 7.84. The number of rotatable bonds is 1. The summed E-state index contributed by atoms with van der Waals surface area (Å²) in [5, 5.41) is 0.331. The van der Waals surface area contributed by atoms with E-state index in [9.17, 15) is 4.79 Å². The second-order valence-corrected chi connectivity index (χ2v) is 3.82. The third-order valence-electron chi connectivity index (χ3n) is 1.87.